The first-order valence-corrected chi connectivity index (χ1v) is 8.33. The number of hydrogen-bond acceptors (Lipinski definition) is 3. The molecule has 1 aromatic rings. The second-order valence-corrected chi connectivity index (χ2v) is 7.23. The highest BCUT2D eigenvalue weighted by molar-refractivity contribution is 14.1. The molecule has 4 nitrogen and oxygen atoms in total. The standard InChI is InChI=1S/C15H23IN2O2/c1-9(2)12-11(16)13(19)18-14(17-12)15(20-4)7-5-10(3)6-8-15/h9-10H,5-8H2,1-4H3,(H,17,18,19). The van der Waals surface area contributed by atoms with Gasteiger partial charge in [-0.15, -0.1) is 0 Å². The molecule has 0 unspecified atom stereocenters. The summed E-state index contributed by atoms with van der Waals surface area (Å²) >= 11 is 2.08. The van der Waals surface area contributed by atoms with E-state index in [4.69, 9.17) is 9.72 Å². The Bertz CT molecular complexity index is 531. The molecule has 1 aromatic heterocycles. The molecule has 20 heavy (non-hydrogen) atoms. The van der Waals surface area contributed by atoms with E-state index >= 15 is 0 Å². The van der Waals surface area contributed by atoms with Gasteiger partial charge in [-0.3, -0.25) is 4.79 Å². The molecular formula is C15H23IN2O2. The van der Waals surface area contributed by atoms with E-state index in [1.807, 2.05) is 0 Å². The number of methoxy groups -OCH3 is 1. The zero-order chi connectivity index (χ0) is 14.9. The highest BCUT2D eigenvalue weighted by Crippen LogP contribution is 2.40. The molecule has 112 valence electrons. The van der Waals surface area contributed by atoms with Gasteiger partial charge in [-0.1, -0.05) is 20.8 Å². The molecule has 1 fully saturated rings. The van der Waals surface area contributed by atoms with Crippen molar-refractivity contribution in [1.82, 2.24) is 9.97 Å². The fourth-order valence-electron chi connectivity index (χ4n) is 2.84. The lowest BCUT2D eigenvalue weighted by atomic mass is 9.79. The molecule has 0 spiro atoms. The van der Waals surface area contributed by atoms with Gasteiger partial charge in [0.15, 0.2) is 0 Å². The summed E-state index contributed by atoms with van der Waals surface area (Å²) in [5, 5.41) is 0. The number of halogens is 1. The number of hydrogen-bond donors (Lipinski definition) is 1. The van der Waals surface area contributed by atoms with Crippen LogP contribution in [0.25, 0.3) is 0 Å². The average Bonchev–Trinajstić information content (AvgIpc) is 2.42. The van der Waals surface area contributed by atoms with E-state index in [2.05, 4.69) is 48.3 Å². The fourth-order valence-corrected chi connectivity index (χ4v) is 3.72. The van der Waals surface area contributed by atoms with Crippen LogP contribution in [0.3, 0.4) is 0 Å². The van der Waals surface area contributed by atoms with Gasteiger partial charge in [0.2, 0.25) is 0 Å². The summed E-state index contributed by atoms with van der Waals surface area (Å²) < 4.78 is 6.50. The van der Waals surface area contributed by atoms with Crippen molar-refractivity contribution < 1.29 is 4.74 Å². The summed E-state index contributed by atoms with van der Waals surface area (Å²) in [6, 6.07) is 0. The first-order chi connectivity index (χ1) is 9.39. The maximum absolute atomic E-state index is 12.2. The first-order valence-electron chi connectivity index (χ1n) is 7.25. The predicted molar refractivity (Wildman–Crippen MR) is 88.0 cm³/mol. The van der Waals surface area contributed by atoms with Gasteiger partial charge in [0.05, 0.1) is 9.26 Å². The third-order valence-electron chi connectivity index (χ3n) is 4.34. The van der Waals surface area contributed by atoms with E-state index < -0.39 is 5.60 Å². The topological polar surface area (TPSA) is 55.0 Å². The van der Waals surface area contributed by atoms with E-state index in [0.29, 0.717) is 9.39 Å². The molecule has 1 saturated carbocycles. The molecule has 0 amide bonds. The Kier molecular flexibility index (Phi) is 4.89. The molecule has 1 aliphatic carbocycles. The van der Waals surface area contributed by atoms with Crippen molar-refractivity contribution in [3.05, 3.63) is 25.4 Å². The Morgan fingerprint density at radius 3 is 2.50 bits per heavy atom. The Morgan fingerprint density at radius 1 is 1.40 bits per heavy atom. The third-order valence-corrected chi connectivity index (χ3v) is 5.38. The summed E-state index contributed by atoms with van der Waals surface area (Å²) in [5.74, 6) is 1.67. The summed E-state index contributed by atoms with van der Waals surface area (Å²) in [6.07, 6.45) is 4.07. The number of aromatic amines is 1. The highest BCUT2D eigenvalue weighted by atomic mass is 127. The van der Waals surface area contributed by atoms with Gasteiger partial charge in [-0.05, 0) is 60.1 Å². The minimum Gasteiger partial charge on any atom is -0.370 e. The largest absolute Gasteiger partial charge is 0.370 e. The maximum atomic E-state index is 12.2. The van der Waals surface area contributed by atoms with Crippen molar-refractivity contribution in [2.45, 2.75) is 58.0 Å². The number of rotatable bonds is 3. The first kappa shape index (κ1) is 15.9. The highest BCUT2D eigenvalue weighted by Gasteiger charge is 2.38. The fraction of sp³-hybridized carbons (Fsp3) is 0.733. The average molecular weight is 390 g/mol. The van der Waals surface area contributed by atoms with Crippen molar-refractivity contribution in [3.63, 3.8) is 0 Å². The lowest BCUT2D eigenvalue weighted by Gasteiger charge is -2.37. The predicted octanol–water partition coefficient (Wildman–Crippen LogP) is 3.55. The van der Waals surface area contributed by atoms with Gasteiger partial charge >= 0.3 is 0 Å². The van der Waals surface area contributed by atoms with E-state index in [9.17, 15) is 4.79 Å². The van der Waals surface area contributed by atoms with Gasteiger partial charge in [0.25, 0.3) is 5.56 Å². The second-order valence-electron chi connectivity index (χ2n) is 6.15. The van der Waals surface area contributed by atoms with Crippen molar-refractivity contribution in [2.75, 3.05) is 7.11 Å². The third kappa shape index (κ3) is 2.93. The van der Waals surface area contributed by atoms with Crippen molar-refractivity contribution in [3.8, 4) is 0 Å². The Morgan fingerprint density at radius 2 is 2.00 bits per heavy atom. The van der Waals surface area contributed by atoms with Crippen molar-refractivity contribution in [2.24, 2.45) is 5.92 Å². The van der Waals surface area contributed by atoms with Gasteiger partial charge in [0, 0.05) is 7.11 Å². The summed E-state index contributed by atoms with van der Waals surface area (Å²) in [4.78, 5) is 19.9. The van der Waals surface area contributed by atoms with Crippen LogP contribution >= 0.6 is 22.6 Å². The molecule has 0 radical (unpaired) electrons. The van der Waals surface area contributed by atoms with Crippen molar-refractivity contribution in [1.29, 1.82) is 0 Å². The second kappa shape index (κ2) is 6.13. The number of nitrogens with zero attached hydrogens (tertiary/aromatic N) is 1. The molecule has 0 aliphatic heterocycles. The van der Waals surface area contributed by atoms with Crippen molar-refractivity contribution >= 4 is 22.6 Å². The molecule has 0 atom stereocenters. The normalized spacial score (nSPS) is 27.0. The molecule has 5 heteroatoms. The number of aromatic nitrogens is 2. The molecular weight excluding hydrogens is 367 g/mol. The van der Waals surface area contributed by atoms with Crippen LogP contribution in [0.4, 0.5) is 0 Å². The van der Waals surface area contributed by atoms with Gasteiger partial charge in [-0.2, -0.15) is 0 Å². The molecule has 0 saturated heterocycles. The Hall–Kier alpha value is -0.430. The van der Waals surface area contributed by atoms with Crippen LogP contribution in [0.1, 0.15) is 63.9 Å². The Labute approximate surface area is 133 Å². The van der Waals surface area contributed by atoms with Crippen LogP contribution in [0, 0.1) is 9.49 Å². The molecule has 0 aromatic carbocycles. The summed E-state index contributed by atoms with van der Waals surface area (Å²) in [7, 11) is 1.73. The van der Waals surface area contributed by atoms with Gasteiger partial charge in [0.1, 0.15) is 11.4 Å². The zero-order valence-electron chi connectivity index (χ0n) is 12.6. The lowest BCUT2D eigenvalue weighted by molar-refractivity contribution is -0.0601. The molecule has 2 rings (SSSR count). The Balaban J connectivity index is 2.48. The van der Waals surface area contributed by atoms with Crippen LogP contribution in [0.15, 0.2) is 4.79 Å². The number of ether oxygens (including phenoxy) is 1. The number of H-pyrrole nitrogens is 1. The van der Waals surface area contributed by atoms with E-state index in [-0.39, 0.29) is 11.5 Å². The minimum absolute atomic E-state index is 0.0469. The van der Waals surface area contributed by atoms with Gasteiger partial charge < -0.3 is 9.72 Å². The summed E-state index contributed by atoms with van der Waals surface area (Å²) in [6.45, 7) is 6.40. The molecule has 1 N–H and O–H groups in total. The van der Waals surface area contributed by atoms with Crippen LogP contribution < -0.4 is 5.56 Å². The van der Waals surface area contributed by atoms with E-state index in [0.717, 1.165) is 37.3 Å². The van der Waals surface area contributed by atoms with Crippen LogP contribution in [-0.4, -0.2) is 17.1 Å². The monoisotopic (exact) mass is 390 g/mol. The quantitative estimate of drug-likeness (QED) is 0.804. The molecule has 1 heterocycles. The van der Waals surface area contributed by atoms with Gasteiger partial charge in [-0.25, -0.2) is 4.98 Å². The maximum Gasteiger partial charge on any atom is 0.264 e. The zero-order valence-corrected chi connectivity index (χ0v) is 14.8. The molecule has 0 bridgehead atoms. The van der Waals surface area contributed by atoms with Crippen LogP contribution in [0.5, 0.6) is 0 Å². The smallest absolute Gasteiger partial charge is 0.264 e. The van der Waals surface area contributed by atoms with E-state index in [1.54, 1.807) is 7.11 Å². The van der Waals surface area contributed by atoms with Crippen LogP contribution in [-0.2, 0) is 10.3 Å². The van der Waals surface area contributed by atoms with Crippen LogP contribution in [0.2, 0.25) is 0 Å². The minimum atomic E-state index is -0.417. The van der Waals surface area contributed by atoms with E-state index in [1.165, 1.54) is 0 Å². The summed E-state index contributed by atoms with van der Waals surface area (Å²) in [5.41, 5.74) is 0.411. The lowest BCUT2D eigenvalue weighted by Crippen LogP contribution is -2.37. The SMILES string of the molecule is COC1(c2nc(C(C)C)c(I)c(=O)[nH]2)CCC(C)CC1. The molecule has 1 aliphatic rings. The number of nitrogens with one attached hydrogen (secondary N) is 1.